The fourth-order valence-corrected chi connectivity index (χ4v) is 0.609. The van der Waals surface area contributed by atoms with Gasteiger partial charge in [0.25, 0.3) is 0 Å². The minimum Gasteiger partial charge on any atom is -0.481 e. The number of aliphatic carboxylic acids is 7. The smallest absolute Gasteiger partial charge is 0.333 e. The van der Waals surface area contributed by atoms with E-state index in [2.05, 4.69) is 0 Å². The SMILES string of the molecule is CC(O)C(=O)O.O=C(O)/C=C/C(=O)O.O=C(O)CC(O)C(=O)O.O=C(O)CCC(=O)O. The topological polar surface area (TPSA) is 302 Å². The van der Waals surface area contributed by atoms with E-state index < -0.39 is 60.4 Å². The fourth-order valence-electron chi connectivity index (χ4n) is 0.609. The van der Waals surface area contributed by atoms with Crippen LogP contribution >= 0.6 is 0 Å². The summed E-state index contributed by atoms with van der Waals surface area (Å²) in [7, 11) is 0. The Morgan fingerprint density at radius 1 is 0.613 bits per heavy atom. The molecule has 0 rings (SSSR count). The predicted octanol–water partition coefficient (Wildman–Crippen LogP) is -1.99. The highest BCUT2D eigenvalue weighted by atomic mass is 16.4. The fraction of sp³-hybridized carbons (Fsp3) is 0.400. The molecular weight excluding hydrogens is 436 g/mol. The van der Waals surface area contributed by atoms with E-state index in [1.54, 1.807) is 0 Å². The Morgan fingerprint density at radius 3 is 1.00 bits per heavy atom. The average Bonchev–Trinajstić information content (AvgIpc) is 2.59. The number of rotatable bonds is 9. The van der Waals surface area contributed by atoms with Crippen molar-refractivity contribution in [3.63, 3.8) is 0 Å². The van der Waals surface area contributed by atoms with E-state index in [0.717, 1.165) is 0 Å². The van der Waals surface area contributed by atoms with Gasteiger partial charge in [-0.1, -0.05) is 0 Å². The summed E-state index contributed by atoms with van der Waals surface area (Å²) in [5, 5.41) is 71.3. The van der Waals surface area contributed by atoms with Crippen LogP contribution in [0.1, 0.15) is 26.2 Å². The van der Waals surface area contributed by atoms with Gasteiger partial charge in [-0.15, -0.1) is 0 Å². The molecule has 0 saturated carbocycles. The van der Waals surface area contributed by atoms with Gasteiger partial charge in [0.05, 0.1) is 19.3 Å². The molecule has 0 aromatic heterocycles. The van der Waals surface area contributed by atoms with Crippen molar-refractivity contribution >= 4 is 41.8 Å². The van der Waals surface area contributed by atoms with Gasteiger partial charge in [0.15, 0.2) is 6.10 Å². The summed E-state index contributed by atoms with van der Waals surface area (Å²) in [6.45, 7) is 1.20. The standard InChI is InChI=1S/C4H6O5.C4H6O4.C4H4O4.C3H6O3/c5-2(4(8)9)1-3(6)7;2*5-3(6)1-2-4(7)8;1-2(4)3(5)6/h2,5H,1H2,(H,6,7)(H,8,9);1-2H2,(H,5,6)(H,7,8);1-2H,(H,5,6)(H,7,8);2,4H,1H3,(H,5,6)/b;;2-1+;. The van der Waals surface area contributed by atoms with E-state index in [0.29, 0.717) is 12.2 Å². The molecule has 0 amide bonds. The van der Waals surface area contributed by atoms with Crippen molar-refractivity contribution in [2.45, 2.75) is 38.4 Å². The third-order valence-electron chi connectivity index (χ3n) is 1.93. The first-order valence-electron chi connectivity index (χ1n) is 7.54. The Labute approximate surface area is 172 Å². The third kappa shape index (κ3) is 46.2. The second-order valence-electron chi connectivity index (χ2n) is 4.76. The largest absolute Gasteiger partial charge is 0.481 e. The molecule has 16 nitrogen and oxygen atoms in total. The molecule has 0 aliphatic heterocycles. The van der Waals surface area contributed by atoms with Gasteiger partial charge < -0.3 is 46.0 Å². The normalized spacial score (nSPS) is 10.9. The maximum Gasteiger partial charge on any atom is 0.333 e. The molecule has 31 heavy (non-hydrogen) atoms. The van der Waals surface area contributed by atoms with Crippen LogP contribution in [0.15, 0.2) is 12.2 Å². The van der Waals surface area contributed by atoms with Crippen molar-refractivity contribution in [2.24, 2.45) is 0 Å². The molecule has 0 radical (unpaired) electrons. The Morgan fingerprint density at radius 2 is 0.903 bits per heavy atom. The van der Waals surface area contributed by atoms with E-state index in [9.17, 15) is 33.6 Å². The molecule has 0 bridgehead atoms. The van der Waals surface area contributed by atoms with Gasteiger partial charge in [0.1, 0.15) is 6.10 Å². The second kappa shape index (κ2) is 20.7. The van der Waals surface area contributed by atoms with Gasteiger partial charge in [0, 0.05) is 12.2 Å². The van der Waals surface area contributed by atoms with Crippen LogP contribution in [0.4, 0.5) is 0 Å². The molecule has 0 aromatic carbocycles. The van der Waals surface area contributed by atoms with Crippen molar-refractivity contribution in [1.82, 2.24) is 0 Å². The number of carboxylic acids is 7. The van der Waals surface area contributed by atoms with Crippen LogP contribution in [0.3, 0.4) is 0 Å². The molecule has 0 fully saturated rings. The van der Waals surface area contributed by atoms with Gasteiger partial charge >= 0.3 is 41.8 Å². The Kier molecular flexibility index (Phi) is 23.0. The first-order chi connectivity index (χ1) is 13.9. The summed E-state index contributed by atoms with van der Waals surface area (Å²) in [5.41, 5.74) is 0. The zero-order chi connectivity index (χ0) is 25.7. The van der Waals surface area contributed by atoms with Crippen molar-refractivity contribution in [2.75, 3.05) is 0 Å². The second-order valence-corrected chi connectivity index (χ2v) is 4.76. The molecule has 0 aliphatic rings. The Balaban J connectivity index is -0.000000158. The lowest BCUT2D eigenvalue weighted by atomic mass is 10.3. The molecule has 16 heteroatoms. The molecule has 178 valence electrons. The molecule has 0 spiro atoms. The summed E-state index contributed by atoms with van der Waals surface area (Å²) in [5.74, 6) is -8.70. The first kappa shape index (κ1) is 34.5. The molecule has 2 atom stereocenters. The maximum atomic E-state index is 9.72. The van der Waals surface area contributed by atoms with Crippen LogP contribution in [0.5, 0.6) is 0 Å². The number of carboxylic acid groups (broad SMARTS) is 7. The summed E-state index contributed by atoms with van der Waals surface area (Å²) < 4.78 is 0. The van der Waals surface area contributed by atoms with E-state index in [-0.39, 0.29) is 12.8 Å². The lowest BCUT2D eigenvalue weighted by Crippen LogP contribution is -2.22. The number of hydrogen-bond donors (Lipinski definition) is 9. The van der Waals surface area contributed by atoms with Gasteiger partial charge in [0.2, 0.25) is 0 Å². The van der Waals surface area contributed by atoms with Crippen LogP contribution in [-0.4, -0.2) is 100.0 Å². The number of aliphatic hydroxyl groups excluding tert-OH is 2. The lowest BCUT2D eigenvalue weighted by Gasteiger charge is -1.97. The Hall–Kier alpha value is -4.05. The third-order valence-corrected chi connectivity index (χ3v) is 1.93. The molecule has 2 unspecified atom stereocenters. The molecule has 0 saturated heterocycles. The zero-order valence-electron chi connectivity index (χ0n) is 15.8. The highest BCUT2D eigenvalue weighted by Crippen LogP contribution is 1.89. The molecular formula is C15H22O16. The van der Waals surface area contributed by atoms with Crippen molar-refractivity contribution in [3.8, 4) is 0 Å². The monoisotopic (exact) mass is 458 g/mol. The van der Waals surface area contributed by atoms with Crippen LogP contribution in [0.2, 0.25) is 0 Å². The molecule has 0 aromatic rings. The highest BCUT2D eigenvalue weighted by Gasteiger charge is 2.16. The van der Waals surface area contributed by atoms with Crippen LogP contribution in [0, 0.1) is 0 Å². The summed E-state index contributed by atoms with van der Waals surface area (Å²) in [6, 6.07) is 0. The summed E-state index contributed by atoms with van der Waals surface area (Å²) in [4.78, 5) is 67.2. The van der Waals surface area contributed by atoms with Crippen LogP contribution in [-0.2, 0) is 33.6 Å². The number of aliphatic hydroxyl groups is 2. The number of hydrogen-bond acceptors (Lipinski definition) is 9. The zero-order valence-corrected chi connectivity index (χ0v) is 15.8. The van der Waals surface area contributed by atoms with Gasteiger partial charge in [-0.25, -0.2) is 19.2 Å². The van der Waals surface area contributed by atoms with Crippen molar-refractivity contribution < 1.29 is 79.5 Å². The quantitative estimate of drug-likeness (QED) is 0.169. The highest BCUT2D eigenvalue weighted by molar-refractivity contribution is 5.89. The minimum atomic E-state index is -1.79. The number of carbonyl (C=O) groups is 7. The summed E-state index contributed by atoms with van der Waals surface area (Å²) in [6.07, 6.45) is -3.25. The molecule has 0 heterocycles. The first-order valence-corrected chi connectivity index (χ1v) is 7.54. The predicted molar refractivity (Wildman–Crippen MR) is 94.1 cm³/mol. The van der Waals surface area contributed by atoms with Crippen molar-refractivity contribution in [3.05, 3.63) is 12.2 Å². The minimum absolute atomic E-state index is 0.296. The van der Waals surface area contributed by atoms with E-state index >= 15 is 0 Å². The van der Waals surface area contributed by atoms with Gasteiger partial charge in [-0.05, 0) is 6.92 Å². The van der Waals surface area contributed by atoms with E-state index in [4.69, 9.17) is 46.0 Å². The van der Waals surface area contributed by atoms with Crippen molar-refractivity contribution in [1.29, 1.82) is 0 Å². The summed E-state index contributed by atoms with van der Waals surface area (Å²) >= 11 is 0. The maximum absolute atomic E-state index is 9.72. The molecule has 0 aliphatic carbocycles. The Bertz CT molecular complexity index is 617. The van der Waals surface area contributed by atoms with Gasteiger partial charge in [-0.3, -0.25) is 14.4 Å². The van der Waals surface area contributed by atoms with E-state index in [1.165, 1.54) is 6.92 Å². The van der Waals surface area contributed by atoms with E-state index in [1.807, 2.05) is 0 Å². The van der Waals surface area contributed by atoms with Crippen LogP contribution in [0.25, 0.3) is 0 Å². The lowest BCUT2D eigenvalue weighted by molar-refractivity contribution is -0.152. The van der Waals surface area contributed by atoms with Crippen LogP contribution < -0.4 is 0 Å². The van der Waals surface area contributed by atoms with Gasteiger partial charge in [-0.2, -0.15) is 0 Å². The average molecular weight is 458 g/mol. The molecule has 9 N–H and O–H groups in total.